The maximum Gasteiger partial charge on any atom is 0.246 e. The molecule has 0 aromatic heterocycles. The van der Waals surface area contributed by atoms with E-state index in [4.69, 9.17) is 0 Å². The molecule has 0 fully saturated rings. The highest BCUT2D eigenvalue weighted by Gasteiger charge is 1.99. The van der Waals surface area contributed by atoms with Crippen molar-refractivity contribution in [3.05, 3.63) is 12.2 Å². The number of unbranched alkanes of at least 4 members (excludes halogenated alkanes) is 21. The number of carbonyl (C=O) groups excluding carboxylic acids is 1. The Morgan fingerprint density at radius 2 is 0.800 bits per heavy atom. The van der Waals surface area contributed by atoms with Gasteiger partial charge in [-0.05, 0) is 13.3 Å². The fourth-order valence-corrected chi connectivity index (χ4v) is 4.09. The van der Waals surface area contributed by atoms with Crippen molar-refractivity contribution in [1.29, 1.82) is 0 Å². The topological polar surface area (TPSA) is 29.1 Å². The summed E-state index contributed by atoms with van der Waals surface area (Å²) in [6.45, 7) is 8.50. The molecule has 1 N–H and O–H groups in total. The predicted octanol–water partition coefficient (Wildman–Crippen LogP) is 9.28. The first-order valence-electron chi connectivity index (χ1n) is 13.6. The van der Waals surface area contributed by atoms with Gasteiger partial charge in [0.25, 0.3) is 0 Å². The standard InChI is InChI=1S/C28H55NO/c1-4-5-6-7-8-9-10-11-12-13-14-15-16-17-18-19-20-21-22-23-24-25-26-29-28(30)27(2)3/h2,4-26H2,1,3H3,(H,29,30). The Morgan fingerprint density at radius 3 is 1.07 bits per heavy atom. The number of rotatable bonds is 24. The summed E-state index contributed by atoms with van der Waals surface area (Å²) >= 11 is 0. The molecule has 0 bridgehead atoms. The van der Waals surface area contributed by atoms with Gasteiger partial charge in [-0.2, -0.15) is 0 Å². The molecule has 0 spiro atoms. The third-order valence-electron chi connectivity index (χ3n) is 6.20. The minimum absolute atomic E-state index is 0.00139. The van der Waals surface area contributed by atoms with Gasteiger partial charge >= 0.3 is 0 Å². The molecular weight excluding hydrogens is 366 g/mol. The van der Waals surface area contributed by atoms with Gasteiger partial charge in [0.15, 0.2) is 0 Å². The molecule has 0 aliphatic carbocycles. The van der Waals surface area contributed by atoms with Gasteiger partial charge in [0, 0.05) is 12.1 Å². The number of amides is 1. The van der Waals surface area contributed by atoms with Crippen LogP contribution in [0.1, 0.15) is 155 Å². The van der Waals surface area contributed by atoms with E-state index in [0.29, 0.717) is 5.57 Å². The highest BCUT2D eigenvalue weighted by atomic mass is 16.1. The van der Waals surface area contributed by atoms with Crippen LogP contribution in [0.2, 0.25) is 0 Å². The van der Waals surface area contributed by atoms with Gasteiger partial charge in [-0.1, -0.05) is 148 Å². The predicted molar refractivity (Wildman–Crippen MR) is 135 cm³/mol. The Kier molecular flexibility index (Phi) is 23.8. The Hall–Kier alpha value is -0.790. The van der Waals surface area contributed by atoms with Gasteiger partial charge in [0.05, 0.1) is 0 Å². The van der Waals surface area contributed by atoms with Crippen LogP contribution in [0.25, 0.3) is 0 Å². The first-order valence-corrected chi connectivity index (χ1v) is 13.6. The van der Waals surface area contributed by atoms with E-state index in [-0.39, 0.29) is 5.91 Å². The van der Waals surface area contributed by atoms with Crippen molar-refractivity contribution in [2.45, 2.75) is 155 Å². The van der Waals surface area contributed by atoms with Crippen LogP contribution in [-0.4, -0.2) is 12.5 Å². The summed E-state index contributed by atoms with van der Waals surface area (Å²) < 4.78 is 0. The molecule has 1 amide bonds. The summed E-state index contributed by atoms with van der Waals surface area (Å²) in [4.78, 5) is 11.3. The lowest BCUT2D eigenvalue weighted by Crippen LogP contribution is -2.24. The molecule has 2 nitrogen and oxygen atoms in total. The quantitative estimate of drug-likeness (QED) is 0.122. The average molecular weight is 422 g/mol. The molecule has 0 radical (unpaired) electrons. The van der Waals surface area contributed by atoms with E-state index in [1.807, 2.05) is 0 Å². The number of carbonyl (C=O) groups is 1. The van der Waals surface area contributed by atoms with Crippen molar-refractivity contribution >= 4 is 5.91 Å². The monoisotopic (exact) mass is 421 g/mol. The minimum atomic E-state index is -0.00139. The van der Waals surface area contributed by atoms with E-state index in [2.05, 4.69) is 18.8 Å². The van der Waals surface area contributed by atoms with E-state index < -0.39 is 0 Å². The van der Waals surface area contributed by atoms with Crippen LogP contribution in [0.4, 0.5) is 0 Å². The van der Waals surface area contributed by atoms with Crippen molar-refractivity contribution < 1.29 is 4.79 Å². The molecular formula is C28H55NO. The Balaban J connectivity index is 3.05. The van der Waals surface area contributed by atoms with Gasteiger partial charge in [-0.25, -0.2) is 0 Å². The van der Waals surface area contributed by atoms with Crippen LogP contribution in [0.3, 0.4) is 0 Å². The smallest absolute Gasteiger partial charge is 0.246 e. The Labute approximate surface area is 190 Å². The average Bonchev–Trinajstić information content (AvgIpc) is 2.74. The third-order valence-corrected chi connectivity index (χ3v) is 6.20. The largest absolute Gasteiger partial charge is 0.352 e. The molecule has 30 heavy (non-hydrogen) atoms. The highest BCUT2D eigenvalue weighted by Crippen LogP contribution is 2.15. The minimum Gasteiger partial charge on any atom is -0.352 e. The van der Waals surface area contributed by atoms with Crippen LogP contribution < -0.4 is 5.32 Å². The van der Waals surface area contributed by atoms with Gasteiger partial charge in [0.2, 0.25) is 5.91 Å². The van der Waals surface area contributed by atoms with Crippen LogP contribution in [-0.2, 0) is 4.79 Å². The molecule has 2 heteroatoms. The lowest BCUT2D eigenvalue weighted by Gasteiger charge is -2.05. The molecule has 0 heterocycles. The van der Waals surface area contributed by atoms with Crippen molar-refractivity contribution in [3.63, 3.8) is 0 Å². The second kappa shape index (κ2) is 24.5. The lowest BCUT2D eigenvalue weighted by atomic mass is 10.0. The summed E-state index contributed by atoms with van der Waals surface area (Å²) in [7, 11) is 0. The fourth-order valence-electron chi connectivity index (χ4n) is 4.09. The van der Waals surface area contributed by atoms with Crippen molar-refractivity contribution in [2.75, 3.05) is 6.54 Å². The fraction of sp³-hybridized carbons (Fsp3) is 0.893. The Morgan fingerprint density at radius 1 is 0.533 bits per heavy atom. The number of hydrogen-bond donors (Lipinski definition) is 1. The molecule has 0 atom stereocenters. The highest BCUT2D eigenvalue weighted by molar-refractivity contribution is 5.91. The van der Waals surface area contributed by atoms with Gasteiger partial charge in [0.1, 0.15) is 0 Å². The molecule has 0 aliphatic rings. The molecule has 0 aliphatic heterocycles. The maximum absolute atomic E-state index is 11.3. The molecule has 0 aromatic rings. The van der Waals surface area contributed by atoms with E-state index in [0.717, 1.165) is 13.0 Å². The summed E-state index contributed by atoms with van der Waals surface area (Å²) in [5.74, 6) is -0.00139. The summed E-state index contributed by atoms with van der Waals surface area (Å²) in [6, 6.07) is 0. The number of nitrogens with one attached hydrogen (secondary N) is 1. The van der Waals surface area contributed by atoms with Crippen LogP contribution in [0, 0.1) is 0 Å². The normalized spacial score (nSPS) is 11.0. The first-order chi connectivity index (χ1) is 14.7. The third kappa shape index (κ3) is 23.5. The molecule has 178 valence electrons. The lowest BCUT2D eigenvalue weighted by molar-refractivity contribution is -0.117. The molecule has 0 saturated heterocycles. The zero-order chi connectivity index (χ0) is 22.1. The van der Waals surface area contributed by atoms with Gasteiger partial charge < -0.3 is 5.32 Å². The molecule has 0 unspecified atom stereocenters. The second-order valence-corrected chi connectivity index (χ2v) is 9.46. The van der Waals surface area contributed by atoms with Crippen molar-refractivity contribution in [1.82, 2.24) is 5.32 Å². The molecule has 0 aromatic carbocycles. The van der Waals surface area contributed by atoms with Crippen LogP contribution in [0.5, 0.6) is 0 Å². The van der Waals surface area contributed by atoms with Crippen molar-refractivity contribution in [2.24, 2.45) is 0 Å². The zero-order valence-electron chi connectivity index (χ0n) is 20.9. The first kappa shape index (κ1) is 29.2. The summed E-state index contributed by atoms with van der Waals surface area (Å²) in [5.41, 5.74) is 0.605. The molecule has 0 rings (SSSR count). The van der Waals surface area contributed by atoms with Gasteiger partial charge in [-0.15, -0.1) is 0 Å². The van der Waals surface area contributed by atoms with E-state index in [1.54, 1.807) is 6.92 Å². The second-order valence-electron chi connectivity index (χ2n) is 9.46. The van der Waals surface area contributed by atoms with Crippen LogP contribution >= 0.6 is 0 Å². The zero-order valence-corrected chi connectivity index (χ0v) is 20.9. The Bertz CT molecular complexity index is 377. The van der Waals surface area contributed by atoms with Crippen LogP contribution in [0.15, 0.2) is 12.2 Å². The maximum atomic E-state index is 11.3. The summed E-state index contributed by atoms with van der Waals surface area (Å²) in [5, 5.41) is 2.91. The van der Waals surface area contributed by atoms with Gasteiger partial charge in [-0.3, -0.25) is 4.79 Å². The molecule has 0 saturated carbocycles. The SMILES string of the molecule is C=C(C)C(=O)NCCCCCCCCCCCCCCCCCCCCCCCC. The van der Waals surface area contributed by atoms with E-state index in [9.17, 15) is 4.79 Å². The van der Waals surface area contributed by atoms with Crippen molar-refractivity contribution in [3.8, 4) is 0 Å². The number of hydrogen-bond acceptors (Lipinski definition) is 1. The van der Waals surface area contributed by atoms with E-state index >= 15 is 0 Å². The van der Waals surface area contributed by atoms with E-state index in [1.165, 1.54) is 135 Å². The summed E-state index contributed by atoms with van der Waals surface area (Å²) in [6.07, 6.45) is 31.0.